The standard InChI is InChI=1S/C14H27NO2Si/c1-18(2,3)10-6-9-15-14(17)11-12-7-4-5-8-13(12)16/h12H,4-11H2,1-3H3,(H,15,17). The van der Waals surface area contributed by atoms with Gasteiger partial charge in [0.15, 0.2) is 0 Å². The van der Waals surface area contributed by atoms with Crippen LogP contribution in [0.1, 0.15) is 38.5 Å². The smallest absolute Gasteiger partial charge is 0.220 e. The number of hydrogen-bond donors (Lipinski definition) is 1. The summed E-state index contributed by atoms with van der Waals surface area (Å²) in [6.07, 6.45) is 5.16. The molecule has 1 unspecified atom stereocenters. The summed E-state index contributed by atoms with van der Waals surface area (Å²) in [6.45, 7) is 7.80. The Bertz CT molecular complexity index is 297. The molecule has 1 aliphatic rings. The zero-order valence-corrected chi connectivity index (χ0v) is 13.1. The van der Waals surface area contributed by atoms with Gasteiger partial charge in [0.25, 0.3) is 0 Å². The minimum Gasteiger partial charge on any atom is -0.356 e. The molecule has 1 amide bonds. The van der Waals surface area contributed by atoms with Crippen molar-refractivity contribution < 1.29 is 9.59 Å². The summed E-state index contributed by atoms with van der Waals surface area (Å²) in [5, 5.41) is 2.95. The minimum absolute atomic E-state index is 0.00394. The van der Waals surface area contributed by atoms with Crippen molar-refractivity contribution in [3.8, 4) is 0 Å². The maximum atomic E-state index is 11.7. The van der Waals surface area contributed by atoms with Gasteiger partial charge in [0.2, 0.25) is 5.91 Å². The molecule has 0 aromatic heterocycles. The number of carbonyl (C=O) groups excluding carboxylic acids is 2. The Hall–Kier alpha value is -0.643. The molecule has 0 bridgehead atoms. The Morgan fingerprint density at radius 2 is 2.06 bits per heavy atom. The van der Waals surface area contributed by atoms with E-state index in [2.05, 4.69) is 25.0 Å². The summed E-state index contributed by atoms with van der Waals surface area (Å²) >= 11 is 0. The average Bonchev–Trinajstić information content (AvgIpc) is 2.26. The Labute approximate surface area is 112 Å². The first kappa shape index (κ1) is 15.4. The van der Waals surface area contributed by atoms with Crippen molar-refractivity contribution in [2.75, 3.05) is 6.54 Å². The quantitative estimate of drug-likeness (QED) is 0.595. The van der Waals surface area contributed by atoms with Crippen molar-refractivity contribution >= 4 is 19.8 Å². The van der Waals surface area contributed by atoms with E-state index in [0.717, 1.165) is 32.2 Å². The molecule has 0 aromatic carbocycles. The lowest BCUT2D eigenvalue weighted by molar-refractivity contribution is -0.130. The molecule has 0 aliphatic heterocycles. The molecule has 4 heteroatoms. The van der Waals surface area contributed by atoms with Gasteiger partial charge < -0.3 is 5.32 Å². The monoisotopic (exact) mass is 269 g/mol. The summed E-state index contributed by atoms with van der Waals surface area (Å²) in [4.78, 5) is 23.3. The fraction of sp³-hybridized carbons (Fsp3) is 0.857. The largest absolute Gasteiger partial charge is 0.356 e. The van der Waals surface area contributed by atoms with Gasteiger partial charge in [0, 0.05) is 33.4 Å². The molecule has 1 aliphatic carbocycles. The number of Topliss-reactive ketones (excluding diaryl/α,β-unsaturated/α-hetero) is 1. The van der Waals surface area contributed by atoms with Crippen LogP contribution in [0.25, 0.3) is 0 Å². The molecule has 1 fully saturated rings. The Balaban J connectivity index is 2.15. The van der Waals surface area contributed by atoms with Crippen molar-refractivity contribution in [1.82, 2.24) is 5.32 Å². The number of rotatable bonds is 6. The van der Waals surface area contributed by atoms with Crippen LogP contribution < -0.4 is 5.32 Å². The van der Waals surface area contributed by atoms with E-state index in [1.54, 1.807) is 0 Å². The van der Waals surface area contributed by atoms with Gasteiger partial charge in [-0.1, -0.05) is 32.1 Å². The molecular formula is C14H27NO2Si. The van der Waals surface area contributed by atoms with Gasteiger partial charge in [0.1, 0.15) is 5.78 Å². The third-order valence-corrected chi connectivity index (χ3v) is 5.39. The van der Waals surface area contributed by atoms with E-state index in [1.165, 1.54) is 6.04 Å². The molecule has 104 valence electrons. The average molecular weight is 269 g/mol. The van der Waals surface area contributed by atoms with Crippen molar-refractivity contribution in [3.05, 3.63) is 0 Å². The summed E-state index contributed by atoms with van der Waals surface area (Å²) in [7, 11) is -0.988. The van der Waals surface area contributed by atoms with Gasteiger partial charge in [-0.2, -0.15) is 0 Å². The summed E-state index contributed by atoms with van der Waals surface area (Å²) in [5.74, 6) is 0.347. The van der Waals surface area contributed by atoms with E-state index < -0.39 is 8.07 Å². The van der Waals surface area contributed by atoms with Gasteiger partial charge in [0.05, 0.1) is 0 Å². The molecule has 0 saturated heterocycles. The molecule has 3 nitrogen and oxygen atoms in total. The van der Waals surface area contributed by atoms with Crippen LogP contribution in [-0.2, 0) is 9.59 Å². The first-order valence-electron chi connectivity index (χ1n) is 7.18. The van der Waals surface area contributed by atoms with Gasteiger partial charge in [-0.3, -0.25) is 9.59 Å². The van der Waals surface area contributed by atoms with Gasteiger partial charge in [-0.15, -0.1) is 0 Å². The fourth-order valence-electron chi connectivity index (χ4n) is 2.41. The molecular weight excluding hydrogens is 242 g/mol. The highest BCUT2D eigenvalue weighted by Gasteiger charge is 2.24. The zero-order valence-electron chi connectivity index (χ0n) is 12.1. The molecule has 1 saturated carbocycles. The predicted molar refractivity (Wildman–Crippen MR) is 77.4 cm³/mol. The second kappa shape index (κ2) is 7.07. The summed E-state index contributed by atoms with van der Waals surface area (Å²) in [5.41, 5.74) is 0. The van der Waals surface area contributed by atoms with E-state index in [4.69, 9.17) is 0 Å². The third kappa shape index (κ3) is 6.33. The van der Waals surface area contributed by atoms with Crippen LogP contribution >= 0.6 is 0 Å². The number of ketones is 1. The van der Waals surface area contributed by atoms with Crippen molar-refractivity contribution in [2.24, 2.45) is 5.92 Å². The Morgan fingerprint density at radius 3 is 2.67 bits per heavy atom. The lowest BCUT2D eigenvalue weighted by atomic mass is 9.85. The Kier molecular flexibility index (Phi) is 6.06. The van der Waals surface area contributed by atoms with E-state index in [-0.39, 0.29) is 11.8 Å². The lowest BCUT2D eigenvalue weighted by Crippen LogP contribution is -2.31. The highest BCUT2D eigenvalue weighted by atomic mass is 28.3. The van der Waals surface area contributed by atoms with Crippen LogP contribution in [-0.4, -0.2) is 26.3 Å². The van der Waals surface area contributed by atoms with Gasteiger partial charge >= 0.3 is 0 Å². The van der Waals surface area contributed by atoms with Crippen LogP contribution in [0.15, 0.2) is 0 Å². The first-order valence-corrected chi connectivity index (χ1v) is 10.9. The van der Waals surface area contributed by atoms with Crippen molar-refractivity contribution in [1.29, 1.82) is 0 Å². The molecule has 1 N–H and O–H groups in total. The molecule has 0 aromatic rings. The number of nitrogens with one attached hydrogen (secondary N) is 1. The zero-order chi connectivity index (χ0) is 13.6. The van der Waals surface area contributed by atoms with Crippen molar-refractivity contribution in [3.63, 3.8) is 0 Å². The molecule has 0 radical (unpaired) electrons. The van der Waals surface area contributed by atoms with Crippen LogP contribution in [0.3, 0.4) is 0 Å². The fourth-order valence-corrected chi connectivity index (χ4v) is 3.65. The maximum absolute atomic E-state index is 11.7. The predicted octanol–water partition coefficient (Wildman–Crippen LogP) is 2.98. The topological polar surface area (TPSA) is 46.2 Å². The van der Waals surface area contributed by atoms with Crippen LogP contribution in [0, 0.1) is 5.92 Å². The van der Waals surface area contributed by atoms with E-state index >= 15 is 0 Å². The third-order valence-electron chi connectivity index (χ3n) is 3.54. The first-order chi connectivity index (χ1) is 8.38. The van der Waals surface area contributed by atoms with Gasteiger partial charge in [-0.25, -0.2) is 0 Å². The highest BCUT2D eigenvalue weighted by molar-refractivity contribution is 6.76. The number of hydrogen-bond acceptors (Lipinski definition) is 2. The van der Waals surface area contributed by atoms with Crippen molar-refractivity contribution in [2.45, 2.75) is 64.2 Å². The second-order valence-electron chi connectivity index (χ2n) is 6.63. The number of carbonyl (C=O) groups is 2. The summed E-state index contributed by atoms with van der Waals surface area (Å²) in [6, 6.07) is 1.25. The van der Waals surface area contributed by atoms with Crippen LogP contribution in [0.5, 0.6) is 0 Å². The lowest BCUT2D eigenvalue weighted by Gasteiger charge is -2.20. The SMILES string of the molecule is C[Si](C)(C)CCCNC(=O)CC1CCCCC1=O. The molecule has 1 rings (SSSR count). The molecule has 18 heavy (non-hydrogen) atoms. The molecule has 0 heterocycles. The molecule has 1 atom stereocenters. The molecule has 0 spiro atoms. The van der Waals surface area contributed by atoms with Gasteiger partial charge in [-0.05, 0) is 19.3 Å². The van der Waals surface area contributed by atoms with E-state index in [9.17, 15) is 9.59 Å². The Morgan fingerprint density at radius 1 is 1.33 bits per heavy atom. The number of amides is 1. The van der Waals surface area contributed by atoms with E-state index in [1.807, 2.05) is 0 Å². The normalized spacial score (nSPS) is 20.8. The minimum atomic E-state index is -0.988. The van der Waals surface area contributed by atoms with Crippen LogP contribution in [0.4, 0.5) is 0 Å². The van der Waals surface area contributed by atoms with E-state index in [0.29, 0.717) is 18.6 Å². The maximum Gasteiger partial charge on any atom is 0.220 e. The second-order valence-corrected chi connectivity index (χ2v) is 12.2. The summed E-state index contributed by atoms with van der Waals surface area (Å²) < 4.78 is 0. The highest BCUT2D eigenvalue weighted by Crippen LogP contribution is 2.23. The van der Waals surface area contributed by atoms with Crippen LogP contribution in [0.2, 0.25) is 25.7 Å².